The average Bonchev–Trinajstić information content (AvgIpc) is 3.13. The zero-order valence-corrected chi connectivity index (χ0v) is 15.1. The Labute approximate surface area is 164 Å². The molecular weight excluding hydrogens is 418 g/mol. The Hall–Kier alpha value is -3.37. The largest absolute Gasteiger partial charge is 0.461 e. The number of halogens is 6. The summed E-state index contributed by atoms with van der Waals surface area (Å²) in [6.45, 7) is 1.68. The smallest absolute Gasteiger partial charge is 0.433 e. The van der Waals surface area contributed by atoms with Gasteiger partial charge in [0.2, 0.25) is 0 Å². The second kappa shape index (κ2) is 7.81. The SMILES string of the molecule is CCOC(=O)c1cc(/C=C/c2cc(C(F)(F)F)nc3ccc(C(F)(F)F)cc23)on1. The van der Waals surface area contributed by atoms with Gasteiger partial charge in [-0.05, 0) is 42.8 Å². The van der Waals surface area contributed by atoms with Gasteiger partial charge in [-0.1, -0.05) is 11.2 Å². The Kier molecular flexibility index (Phi) is 5.55. The van der Waals surface area contributed by atoms with E-state index in [9.17, 15) is 31.1 Å². The molecule has 0 bridgehead atoms. The number of hydrogen-bond donors (Lipinski definition) is 0. The first-order chi connectivity index (χ1) is 14.0. The van der Waals surface area contributed by atoms with Crippen LogP contribution in [-0.4, -0.2) is 22.7 Å². The molecule has 2 heterocycles. The number of fused-ring (bicyclic) bond motifs is 1. The standard InChI is InChI=1S/C19H12F6N2O3/c1-2-29-17(28)15-9-12(30-27-15)5-3-10-7-16(19(23,24)25)26-14-6-4-11(8-13(10)14)18(20,21)22/h3-9H,2H2,1H3/b5-3+. The fraction of sp³-hybridized carbons (Fsp3) is 0.211. The van der Waals surface area contributed by atoms with Crippen molar-refractivity contribution in [2.45, 2.75) is 19.3 Å². The second-order valence-corrected chi connectivity index (χ2v) is 5.99. The topological polar surface area (TPSA) is 65.2 Å². The van der Waals surface area contributed by atoms with Crippen molar-refractivity contribution < 1.29 is 40.4 Å². The summed E-state index contributed by atoms with van der Waals surface area (Å²) in [6, 6.07) is 4.06. The van der Waals surface area contributed by atoms with Gasteiger partial charge in [-0.3, -0.25) is 0 Å². The van der Waals surface area contributed by atoms with E-state index in [0.717, 1.165) is 12.1 Å². The van der Waals surface area contributed by atoms with Gasteiger partial charge in [0.15, 0.2) is 11.5 Å². The number of esters is 1. The van der Waals surface area contributed by atoms with E-state index in [4.69, 9.17) is 9.26 Å². The maximum atomic E-state index is 13.1. The highest BCUT2D eigenvalue weighted by atomic mass is 19.4. The fourth-order valence-electron chi connectivity index (χ4n) is 2.55. The molecule has 2 aromatic heterocycles. The third kappa shape index (κ3) is 4.61. The Morgan fingerprint density at radius 2 is 1.80 bits per heavy atom. The Morgan fingerprint density at radius 3 is 2.43 bits per heavy atom. The summed E-state index contributed by atoms with van der Waals surface area (Å²) in [5.41, 5.74) is -2.89. The van der Waals surface area contributed by atoms with Gasteiger partial charge in [0.05, 0.1) is 17.7 Å². The molecule has 0 atom stereocenters. The van der Waals surface area contributed by atoms with Crippen LogP contribution in [0.15, 0.2) is 34.9 Å². The molecule has 11 heteroatoms. The summed E-state index contributed by atoms with van der Waals surface area (Å²) in [6.07, 6.45) is -7.19. The lowest BCUT2D eigenvalue weighted by Gasteiger charge is -2.12. The quantitative estimate of drug-likeness (QED) is 0.398. The molecule has 30 heavy (non-hydrogen) atoms. The van der Waals surface area contributed by atoms with Crippen LogP contribution in [0.3, 0.4) is 0 Å². The van der Waals surface area contributed by atoms with E-state index in [2.05, 4.69) is 10.1 Å². The summed E-state index contributed by atoms with van der Waals surface area (Å²) < 4.78 is 88.1. The maximum Gasteiger partial charge on any atom is 0.433 e. The maximum absolute atomic E-state index is 13.1. The van der Waals surface area contributed by atoms with Crippen LogP contribution in [0, 0.1) is 0 Å². The van der Waals surface area contributed by atoms with Crippen molar-refractivity contribution in [3.05, 3.63) is 58.6 Å². The molecule has 0 saturated heterocycles. The first-order valence-corrected chi connectivity index (χ1v) is 8.40. The summed E-state index contributed by atoms with van der Waals surface area (Å²) >= 11 is 0. The third-order valence-corrected chi connectivity index (χ3v) is 3.90. The number of carbonyl (C=O) groups excluding carboxylic acids is 1. The first kappa shape index (κ1) is 21.3. The molecule has 158 valence electrons. The molecule has 3 aromatic rings. The average molecular weight is 430 g/mol. The number of alkyl halides is 6. The molecule has 0 radical (unpaired) electrons. The molecule has 0 saturated carbocycles. The minimum Gasteiger partial charge on any atom is -0.461 e. The van der Waals surface area contributed by atoms with E-state index in [1.54, 1.807) is 6.92 Å². The number of ether oxygens (including phenoxy) is 1. The third-order valence-electron chi connectivity index (χ3n) is 3.90. The van der Waals surface area contributed by atoms with E-state index in [0.29, 0.717) is 18.2 Å². The molecule has 0 aliphatic rings. The van der Waals surface area contributed by atoms with E-state index in [-0.39, 0.29) is 34.5 Å². The number of nitrogens with zero attached hydrogens (tertiary/aromatic N) is 2. The molecule has 0 amide bonds. The number of hydrogen-bond acceptors (Lipinski definition) is 5. The fourth-order valence-corrected chi connectivity index (χ4v) is 2.55. The molecule has 0 aliphatic heterocycles. The number of aromatic nitrogens is 2. The second-order valence-electron chi connectivity index (χ2n) is 5.99. The van der Waals surface area contributed by atoms with Crippen molar-refractivity contribution in [3.63, 3.8) is 0 Å². The lowest BCUT2D eigenvalue weighted by Crippen LogP contribution is -2.09. The summed E-state index contributed by atoms with van der Waals surface area (Å²) in [7, 11) is 0. The Balaban J connectivity index is 2.08. The van der Waals surface area contributed by atoms with Gasteiger partial charge >= 0.3 is 18.3 Å². The summed E-state index contributed by atoms with van der Waals surface area (Å²) in [5.74, 6) is -0.770. The highest BCUT2D eigenvalue weighted by Gasteiger charge is 2.34. The van der Waals surface area contributed by atoms with Gasteiger partial charge in [0.25, 0.3) is 0 Å². The molecule has 0 unspecified atom stereocenters. The van der Waals surface area contributed by atoms with Gasteiger partial charge < -0.3 is 9.26 Å². The molecule has 0 aliphatic carbocycles. The minimum atomic E-state index is -4.80. The van der Waals surface area contributed by atoms with E-state index >= 15 is 0 Å². The van der Waals surface area contributed by atoms with Gasteiger partial charge in [0, 0.05) is 11.5 Å². The van der Waals surface area contributed by atoms with Crippen molar-refractivity contribution in [3.8, 4) is 0 Å². The zero-order valence-electron chi connectivity index (χ0n) is 15.1. The Bertz CT molecular complexity index is 1120. The lowest BCUT2D eigenvalue weighted by atomic mass is 10.0. The van der Waals surface area contributed by atoms with E-state index in [1.807, 2.05) is 0 Å². The molecule has 5 nitrogen and oxygen atoms in total. The number of benzene rings is 1. The molecule has 3 rings (SSSR count). The summed E-state index contributed by atoms with van der Waals surface area (Å²) in [5, 5.41) is 3.33. The number of carbonyl (C=O) groups is 1. The normalized spacial score (nSPS) is 12.6. The van der Waals surface area contributed by atoms with Gasteiger partial charge in [-0.2, -0.15) is 26.3 Å². The molecule has 0 N–H and O–H groups in total. The van der Waals surface area contributed by atoms with Crippen molar-refractivity contribution in [2.75, 3.05) is 6.61 Å². The van der Waals surface area contributed by atoms with Gasteiger partial charge in [-0.15, -0.1) is 0 Å². The van der Waals surface area contributed by atoms with E-state index in [1.165, 1.54) is 12.1 Å². The zero-order chi connectivity index (χ0) is 22.1. The van der Waals surface area contributed by atoms with Crippen LogP contribution >= 0.6 is 0 Å². The van der Waals surface area contributed by atoms with Crippen molar-refractivity contribution in [2.24, 2.45) is 0 Å². The van der Waals surface area contributed by atoms with Crippen LogP contribution in [0.5, 0.6) is 0 Å². The van der Waals surface area contributed by atoms with Crippen LogP contribution < -0.4 is 0 Å². The molecule has 0 fully saturated rings. The number of pyridine rings is 1. The molecule has 1 aromatic carbocycles. The van der Waals surface area contributed by atoms with Crippen molar-refractivity contribution in [1.29, 1.82) is 0 Å². The number of rotatable bonds is 4. The monoisotopic (exact) mass is 430 g/mol. The van der Waals surface area contributed by atoms with Crippen LogP contribution in [0.2, 0.25) is 0 Å². The highest BCUT2D eigenvalue weighted by molar-refractivity contribution is 5.92. The Morgan fingerprint density at radius 1 is 1.07 bits per heavy atom. The van der Waals surface area contributed by atoms with Gasteiger partial charge in [-0.25, -0.2) is 9.78 Å². The predicted octanol–water partition coefficient (Wildman–Crippen LogP) is 5.61. The minimum absolute atomic E-state index is 0.0106. The van der Waals surface area contributed by atoms with Crippen LogP contribution in [0.25, 0.3) is 23.1 Å². The van der Waals surface area contributed by atoms with E-state index < -0.39 is 29.6 Å². The van der Waals surface area contributed by atoms with Crippen LogP contribution in [-0.2, 0) is 17.1 Å². The van der Waals surface area contributed by atoms with Crippen LogP contribution in [0.1, 0.15) is 40.0 Å². The molecular formula is C19H12F6N2O3. The van der Waals surface area contributed by atoms with Crippen LogP contribution in [0.4, 0.5) is 26.3 Å². The van der Waals surface area contributed by atoms with Crippen molar-refractivity contribution in [1.82, 2.24) is 10.1 Å². The highest BCUT2D eigenvalue weighted by Crippen LogP contribution is 2.35. The first-order valence-electron chi connectivity index (χ1n) is 8.40. The summed E-state index contributed by atoms with van der Waals surface area (Å²) in [4.78, 5) is 15.0. The molecule has 0 spiro atoms. The van der Waals surface area contributed by atoms with Gasteiger partial charge in [0.1, 0.15) is 5.69 Å². The lowest BCUT2D eigenvalue weighted by molar-refractivity contribution is -0.141. The van der Waals surface area contributed by atoms with Crippen molar-refractivity contribution >= 4 is 29.0 Å². The predicted molar refractivity (Wildman–Crippen MR) is 93.1 cm³/mol.